The van der Waals surface area contributed by atoms with Gasteiger partial charge in [-0.1, -0.05) is 69.1 Å². The van der Waals surface area contributed by atoms with E-state index in [0.717, 1.165) is 57.8 Å². The zero-order valence-electron chi connectivity index (χ0n) is 23.2. The molecule has 0 fully saturated rings. The van der Waals surface area contributed by atoms with Crippen molar-refractivity contribution in [1.29, 1.82) is 0 Å². The standard InChI is InChI=1S/C27H51N2O6P/c1-6-8-10-12-13-14-15-17-18-20-26(30)25(28-27(31)21-19-16-11-9-7-2)24-35-36(32,33)34-23-22-29(3,4)5/h6,8,13-14,18,20,25-26,30H,7,9-12,15-17,19,21-24H2,1-5H3,(H-,28,31,32,33)/b8-6+,14-13+,20-18+. The molecule has 0 spiro atoms. The van der Waals surface area contributed by atoms with Crippen LogP contribution in [0.25, 0.3) is 0 Å². The number of carbonyl (C=O) groups is 1. The number of likely N-dealkylation sites (N-methyl/N-ethyl adjacent to an activating group) is 1. The summed E-state index contributed by atoms with van der Waals surface area (Å²) in [6, 6.07) is -0.898. The van der Waals surface area contributed by atoms with E-state index in [1.54, 1.807) is 6.08 Å². The zero-order valence-corrected chi connectivity index (χ0v) is 24.1. The molecule has 0 radical (unpaired) electrons. The Bertz CT molecular complexity index is 703. The molecule has 2 N–H and O–H groups in total. The first-order chi connectivity index (χ1) is 17.0. The maximum atomic E-state index is 12.4. The first kappa shape index (κ1) is 34.7. The second kappa shape index (κ2) is 20.7. The number of rotatable bonds is 22. The van der Waals surface area contributed by atoms with E-state index in [1.165, 1.54) is 0 Å². The smallest absolute Gasteiger partial charge is 0.268 e. The highest BCUT2D eigenvalue weighted by Crippen LogP contribution is 2.38. The number of allylic oxidation sites excluding steroid dienone is 5. The molecule has 0 saturated heterocycles. The van der Waals surface area contributed by atoms with Crippen LogP contribution in [0.3, 0.4) is 0 Å². The van der Waals surface area contributed by atoms with Gasteiger partial charge in [0.2, 0.25) is 5.91 Å². The average molecular weight is 531 g/mol. The van der Waals surface area contributed by atoms with Crippen LogP contribution in [-0.4, -0.2) is 68.5 Å². The van der Waals surface area contributed by atoms with E-state index in [-0.39, 0.29) is 12.5 Å². The minimum atomic E-state index is -4.56. The molecule has 36 heavy (non-hydrogen) atoms. The lowest BCUT2D eigenvalue weighted by molar-refractivity contribution is -0.870. The van der Waals surface area contributed by atoms with Gasteiger partial charge in [-0.3, -0.25) is 9.36 Å². The second-order valence-corrected chi connectivity index (χ2v) is 11.5. The molecule has 3 atom stereocenters. The second-order valence-electron chi connectivity index (χ2n) is 10.0. The minimum Gasteiger partial charge on any atom is -0.756 e. The zero-order chi connectivity index (χ0) is 27.3. The molecule has 0 aromatic heterocycles. The van der Waals surface area contributed by atoms with Crippen LogP contribution < -0.4 is 10.2 Å². The summed E-state index contributed by atoms with van der Waals surface area (Å²) in [5.74, 6) is -0.233. The summed E-state index contributed by atoms with van der Waals surface area (Å²) >= 11 is 0. The summed E-state index contributed by atoms with van der Waals surface area (Å²) in [6.45, 7) is 4.22. The van der Waals surface area contributed by atoms with Crippen molar-refractivity contribution in [2.45, 2.75) is 90.2 Å². The van der Waals surface area contributed by atoms with Gasteiger partial charge in [-0.15, -0.1) is 0 Å². The van der Waals surface area contributed by atoms with Crippen molar-refractivity contribution in [2.24, 2.45) is 0 Å². The molecule has 0 saturated carbocycles. The Labute approximate surface area is 219 Å². The van der Waals surface area contributed by atoms with Gasteiger partial charge in [0.25, 0.3) is 7.82 Å². The van der Waals surface area contributed by atoms with E-state index in [9.17, 15) is 19.4 Å². The molecule has 0 aliphatic carbocycles. The number of phosphoric ester groups is 1. The monoisotopic (exact) mass is 530 g/mol. The van der Waals surface area contributed by atoms with Crippen molar-refractivity contribution in [3.8, 4) is 0 Å². The largest absolute Gasteiger partial charge is 0.756 e. The van der Waals surface area contributed by atoms with E-state index >= 15 is 0 Å². The lowest BCUT2D eigenvalue weighted by Gasteiger charge is -2.29. The molecular formula is C27H51N2O6P. The summed E-state index contributed by atoms with van der Waals surface area (Å²) in [5, 5.41) is 13.4. The highest BCUT2D eigenvalue weighted by molar-refractivity contribution is 7.45. The molecule has 0 rings (SSSR count). The molecule has 0 heterocycles. The number of hydrogen-bond acceptors (Lipinski definition) is 6. The summed E-state index contributed by atoms with van der Waals surface area (Å²) in [5.41, 5.74) is 0. The summed E-state index contributed by atoms with van der Waals surface area (Å²) in [6.07, 6.45) is 19.7. The summed E-state index contributed by atoms with van der Waals surface area (Å²) in [4.78, 5) is 24.6. The quantitative estimate of drug-likeness (QED) is 0.0913. The van der Waals surface area contributed by atoms with Crippen molar-refractivity contribution in [3.05, 3.63) is 36.5 Å². The Morgan fingerprint density at radius 2 is 1.61 bits per heavy atom. The summed E-state index contributed by atoms with van der Waals surface area (Å²) in [7, 11) is 1.22. The molecule has 1 amide bonds. The molecule has 8 nitrogen and oxygen atoms in total. The van der Waals surface area contributed by atoms with Gasteiger partial charge >= 0.3 is 0 Å². The summed E-state index contributed by atoms with van der Waals surface area (Å²) < 4.78 is 22.7. The van der Waals surface area contributed by atoms with Crippen LogP contribution >= 0.6 is 7.82 Å². The molecule has 0 aliphatic heterocycles. The normalized spacial score (nSPS) is 16.1. The van der Waals surface area contributed by atoms with Crippen molar-refractivity contribution in [2.75, 3.05) is 40.9 Å². The predicted molar refractivity (Wildman–Crippen MR) is 145 cm³/mol. The molecule has 210 valence electrons. The van der Waals surface area contributed by atoms with E-state index in [4.69, 9.17) is 9.05 Å². The fraction of sp³-hybridized carbons (Fsp3) is 0.741. The average Bonchev–Trinajstić information content (AvgIpc) is 2.79. The fourth-order valence-electron chi connectivity index (χ4n) is 3.19. The van der Waals surface area contributed by atoms with E-state index in [1.807, 2.05) is 40.2 Å². The van der Waals surface area contributed by atoms with Gasteiger partial charge in [0.1, 0.15) is 13.2 Å². The van der Waals surface area contributed by atoms with Crippen LogP contribution in [0.2, 0.25) is 0 Å². The fourth-order valence-corrected chi connectivity index (χ4v) is 3.91. The van der Waals surface area contributed by atoms with Gasteiger partial charge in [-0.2, -0.15) is 0 Å². The highest BCUT2D eigenvalue weighted by atomic mass is 31.2. The van der Waals surface area contributed by atoms with Crippen LogP contribution in [0.1, 0.15) is 78.1 Å². The Morgan fingerprint density at radius 3 is 2.22 bits per heavy atom. The SMILES string of the molecule is C/C=C/CC/C=C/CC/C=C/C(O)C(COP(=O)([O-])OCC[N+](C)(C)C)NC(=O)CCCCCCC. The third kappa shape index (κ3) is 22.0. The number of amides is 1. The van der Waals surface area contributed by atoms with E-state index in [0.29, 0.717) is 17.4 Å². The lowest BCUT2D eigenvalue weighted by atomic mass is 10.1. The van der Waals surface area contributed by atoms with Gasteiger partial charge < -0.3 is 28.8 Å². The number of aliphatic hydroxyl groups excluding tert-OH is 1. The molecule has 0 aliphatic rings. The first-order valence-electron chi connectivity index (χ1n) is 13.3. The van der Waals surface area contributed by atoms with E-state index < -0.39 is 26.6 Å². The number of quaternary nitrogens is 1. The van der Waals surface area contributed by atoms with Gasteiger partial charge in [0.05, 0.1) is 39.9 Å². The number of carbonyl (C=O) groups excluding carboxylic acids is 1. The number of nitrogens with one attached hydrogen (secondary N) is 1. The van der Waals surface area contributed by atoms with Crippen molar-refractivity contribution in [3.63, 3.8) is 0 Å². The third-order valence-electron chi connectivity index (χ3n) is 5.43. The Hall–Kier alpha value is -1.28. The molecule has 0 bridgehead atoms. The van der Waals surface area contributed by atoms with Crippen LogP contribution in [-0.2, 0) is 18.4 Å². The van der Waals surface area contributed by atoms with Crippen LogP contribution in [0.15, 0.2) is 36.5 Å². The van der Waals surface area contributed by atoms with Gasteiger partial charge in [-0.25, -0.2) is 0 Å². The number of hydrogen-bond donors (Lipinski definition) is 2. The lowest BCUT2D eigenvalue weighted by Crippen LogP contribution is -2.45. The van der Waals surface area contributed by atoms with Crippen molar-refractivity contribution in [1.82, 2.24) is 5.32 Å². The molecular weight excluding hydrogens is 479 g/mol. The first-order valence-corrected chi connectivity index (χ1v) is 14.8. The number of aliphatic hydroxyl groups is 1. The Kier molecular flexibility index (Phi) is 20.0. The Balaban J connectivity index is 4.83. The number of phosphoric acid groups is 1. The minimum absolute atomic E-state index is 0.0101. The number of nitrogens with zero attached hydrogens (tertiary/aromatic N) is 1. The van der Waals surface area contributed by atoms with Crippen molar-refractivity contribution < 1.29 is 32.9 Å². The van der Waals surface area contributed by atoms with Gasteiger partial charge in [-0.05, 0) is 39.0 Å². The maximum Gasteiger partial charge on any atom is 0.268 e. The maximum absolute atomic E-state index is 12.4. The number of unbranched alkanes of at least 4 members (excludes halogenated alkanes) is 6. The van der Waals surface area contributed by atoms with E-state index in [2.05, 4.69) is 30.5 Å². The van der Waals surface area contributed by atoms with Crippen LogP contribution in [0.5, 0.6) is 0 Å². The third-order valence-corrected chi connectivity index (χ3v) is 6.39. The van der Waals surface area contributed by atoms with Gasteiger partial charge in [0, 0.05) is 6.42 Å². The topological polar surface area (TPSA) is 108 Å². The molecule has 9 heteroatoms. The van der Waals surface area contributed by atoms with Crippen LogP contribution in [0, 0.1) is 0 Å². The molecule has 3 unspecified atom stereocenters. The predicted octanol–water partition coefficient (Wildman–Crippen LogP) is 4.65. The van der Waals surface area contributed by atoms with Gasteiger partial charge in [0.15, 0.2) is 0 Å². The molecule has 0 aromatic carbocycles. The molecule has 0 aromatic rings. The highest BCUT2D eigenvalue weighted by Gasteiger charge is 2.23. The van der Waals surface area contributed by atoms with Crippen molar-refractivity contribution >= 4 is 13.7 Å². The van der Waals surface area contributed by atoms with Crippen LogP contribution in [0.4, 0.5) is 0 Å². The Morgan fingerprint density at radius 1 is 1.00 bits per heavy atom.